The standard InChI is InChI=1S/C18H22ClF4N3O/c1-7(26-15(17(22)23)12(19)14(25-26)16(20)21)18(27)24-13-10-3-8-2-9(5-10)6-11(13)4-8/h7-11,13,16-17H,2-6H2,1H3,(H,24,27). The highest BCUT2D eigenvalue weighted by Gasteiger charge is 2.49. The molecule has 5 rings (SSSR count). The van der Waals surface area contributed by atoms with Crippen LogP contribution in [0.4, 0.5) is 17.6 Å². The molecule has 0 aliphatic heterocycles. The van der Waals surface area contributed by atoms with E-state index in [-0.39, 0.29) is 6.04 Å². The summed E-state index contributed by atoms with van der Waals surface area (Å²) in [6.45, 7) is 1.38. The summed E-state index contributed by atoms with van der Waals surface area (Å²) in [4.78, 5) is 12.8. The topological polar surface area (TPSA) is 46.9 Å². The summed E-state index contributed by atoms with van der Waals surface area (Å²) in [5.41, 5.74) is -1.75. The number of amides is 1. The monoisotopic (exact) mass is 407 g/mol. The van der Waals surface area contributed by atoms with Gasteiger partial charge in [-0.25, -0.2) is 22.2 Å². The molecule has 1 atom stereocenters. The summed E-state index contributed by atoms with van der Waals surface area (Å²) in [6, 6.07) is -1.11. The zero-order chi connectivity index (χ0) is 19.5. The van der Waals surface area contributed by atoms with Crippen molar-refractivity contribution >= 4 is 17.5 Å². The van der Waals surface area contributed by atoms with Gasteiger partial charge in [0, 0.05) is 6.04 Å². The molecule has 1 N–H and O–H groups in total. The molecule has 4 saturated carbocycles. The van der Waals surface area contributed by atoms with Crippen LogP contribution >= 0.6 is 11.6 Å². The fourth-order valence-electron chi connectivity index (χ4n) is 5.63. The maximum Gasteiger partial charge on any atom is 0.283 e. The molecule has 1 heterocycles. The minimum Gasteiger partial charge on any atom is -0.351 e. The smallest absolute Gasteiger partial charge is 0.283 e. The Morgan fingerprint density at radius 3 is 2.11 bits per heavy atom. The van der Waals surface area contributed by atoms with Gasteiger partial charge in [0.2, 0.25) is 5.91 Å². The third-order valence-electron chi connectivity index (χ3n) is 6.61. The van der Waals surface area contributed by atoms with Gasteiger partial charge in [0.25, 0.3) is 12.9 Å². The normalized spacial score (nSPS) is 33.1. The molecule has 1 aromatic rings. The van der Waals surface area contributed by atoms with Gasteiger partial charge >= 0.3 is 0 Å². The van der Waals surface area contributed by atoms with Gasteiger partial charge in [-0.2, -0.15) is 5.10 Å². The van der Waals surface area contributed by atoms with Gasteiger partial charge in [-0.3, -0.25) is 4.79 Å². The second-order valence-electron chi connectivity index (χ2n) is 8.27. The van der Waals surface area contributed by atoms with E-state index in [2.05, 4.69) is 10.4 Å². The highest BCUT2D eigenvalue weighted by molar-refractivity contribution is 6.32. The molecule has 1 unspecified atom stereocenters. The van der Waals surface area contributed by atoms with Crippen molar-refractivity contribution in [2.45, 2.75) is 64.0 Å². The zero-order valence-corrected chi connectivity index (χ0v) is 15.6. The Morgan fingerprint density at radius 1 is 1.07 bits per heavy atom. The number of hydrogen-bond donors (Lipinski definition) is 1. The van der Waals surface area contributed by atoms with Gasteiger partial charge in [-0.05, 0) is 62.7 Å². The van der Waals surface area contributed by atoms with Crippen LogP contribution in [-0.2, 0) is 4.79 Å². The van der Waals surface area contributed by atoms with Gasteiger partial charge < -0.3 is 5.32 Å². The molecule has 0 spiro atoms. The van der Waals surface area contributed by atoms with Crippen molar-refractivity contribution in [2.75, 3.05) is 0 Å². The van der Waals surface area contributed by atoms with Crippen molar-refractivity contribution in [1.29, 1.82) is 0 Å². The van der Waals surface area contributed by atoms with Gasteiger partial charge in [-0.15, -0.1) is 0 Å². The summed E-state index contributed by atoms with van der Waals surface area (Å²) >= 11 is 5.68. The van der Waals surface area contributed by atoms with E-state index in [0.717, 1.165) is 37.5 Å². The van der Waals surface area contributed by atoms with Crippen molar-refractivity contribution in [2.24, 2.45) is 23.7 Å². The van der Waals surface area contributed by atoms with Crippen LogP contribution in [0.15, 0.2) is 0 Å². The van der Waals surface area contributed by atoms with Gasteiger partial charge in [0.15, 0.2) is 0 Å². The van der Waals surface area contributed by atoms with Crippen LogP contribution in [0.1, 0.15) is 69.3 Å². The quantitative estimate of drug-likeness (QED) is 0.705. The third kappa shape index (κ3) is 3.23. The Bertz CT molecular complexity index is 710. The maximum atomic E-state index is 13.4. The number of alkyl halides is 4. The van der Waals surface area contributed by atoms with Crippen LogP contribution in [0.2, 0.25) is 5.02 Å². The van der Waals surface area contributed by atoms with Gasteiger partial charge in [0.1, 0.15) is 17.4 Å². The van der Waals surface area contributed by atoms with Crippen LogP contribution in [0.25, 0.3) is 0 Å². The number of hydrogen-bond acceptors (Lipinski definition) is 2. The highest BCUT2D eigenvalue weighted by Crippen LogP contribution is 2.53. The predicted octanol–water partition coefficient (Wildman–Crippen LogP) is 4.91. The first-order valence-corrected chi connectivity index (χ1v) is 9.78. The molecule has 150 valence electrons. The summed E-state index contributed by atoms with van der Waals surface area (Å²) in [5.74, 6) is 1.84. The van der Waals surface area contributed by atoms with E-state index >= 15 is 0 Å². The Hall–Kier alpha value is -1.31. The summed E-state index contributed by atoms with van der Waals surface area (Å²) in [7, 11) is 0. The van der Waals surface area contributed by atoms with E-state index in [4.69, 9.17) is 11.6 Å². The van der Waals surface area contributed by atoms with E-state index in [1.807, 2.05) is 0 Å². The average molecular weight is 408 g/mol. The van der Waals surface area contributed by atoms with E-state index in [1.54, 1.807) is 0 Å². The molecule has 27 heavy (non-hydrogen) atoms. The summed E-state index contributed by atoms with van der Waals surface area (Å²) in [5, 5.41) is 5.77. The average Bonchev–Trinajstić information content (AvgIpc) is 2.94. The molecule has 1 aromatic heterocycles. The summed E-state index contributed by atoms with van der Waals surface area (Å²) < 4.78 is 53.4. The molecule has 0 radical (unpaired) electrons. The molecule has 4 bridgehead atoms. The molecule has 4 fully saturated rings. The zero-order valence-electron chi connectivity index (χ0n) is 14.8. The van der Waals surface area contributed by atoms with Crippen molar-refractivity contribution < 1.29 is 22.4 Å². The molecule has 0 saturated heterocycles. The lowest BCUT2D eigenvalue weighted by atomic mass is 9.54. The van der Waals surface area contributed by atoms with E-state index < -0.39 is 41.2 Å². The first kappa shape index (κ1) is 19.0. The molecule has 4 nitrogen and oxygen atoms in total. The van der Waals surface area contributed by atoms with Crippen LogP contribution in [-0.4, -0.2) is 21.7 Å². The lowest BCUT2D eigenvalue weighted by Crippen LogP contribution is -2.56. The molecular weight excluding hydrogens is 386 g/mol. The fraction of sp³-hybridized carbons (Fsp3) is 0.778. The lowest BCUT2D eigenvalue weighted by molar-refractivity contribution is -0.128. The minimum atomic E-state index is -3.10. The number of rotatable bonds is 5. The Morgan fingerprint density at radius 2 is 1.63 bits per heavy atom. The Kier molecular flexibility index (Phi) is 4.89. The molecule has 4 aliphatic rings. The second-order valence-corrected chi connectivity index (χ2v) is 8.65. The predicted molar refractivity (Wildman–Crippen MR) is 90.8 cm³/mol. The van der Waals surface area contributed by atoms with Crippen molar-refractivity contribution in [3.8, 4) is 0 Å². The highest BCUT2D eigenvalue weighted by atomic mass is 35.5. The largest absolute Gasteiger partial charge is 0.351 e. The number of nitrogens with one attached hydrogen (secondary N) is 1. The maximum absolute atomic E-state index is 13.4. The minimum absolute atomic E-state index is 0.0309. The number of aromatic nitrogens is 2. The van der Waals surface area contributed by atoms with E-state index in [1.165, 1.54) is 13.3 Å². The summed E-state index contributed by atoms with van der Waals surface area (Å²) in [6.07, 6.45) is -0.528. The number of nitrogens with zero attached hydrogens (tertiary/aromatic N) is 2. The molecule has 1 amide bonds. The third-order valence-corrected chi connectivity index (χ3v) is 6.99. The van der Waals surface area contributed by atoms with Gasteiger partial charge in [-0.1, -0.05) is 11.6 Å². The number of carbonyl (C=O) groups is 1. The molecule has 4 aliphatic carbocycles. The molecular formula is C18H22ClF4N3O. The van der Waals surface area contributed by atoms with Gasteiger partial charge in [0.05, 0.1) is 5.02 Å². The van der Waals surface area contributed by atoms with E-state index in [0.29, 0.717) is 16.5 Å². The van der Waals surface area contributed by atoms with Crippen molar-refractivity contribution in [1.82, 2.24) is 15.1 Å². The van der Waals surface area contributed by atoms with E-state index in [9.17, 15) is 22.4 Å². The lowest BCUT2D eigenvalue weighted by Gasteiger charge is -2.54. The van der Waals surface area contributed by atoms with Crippen LogP contribution < -0.4 is 5.32 Å². The van der Waals surface area contributed by atoms with Crippen LogP contribution in [0.3, 0.4) is 0 Å². The SMILES string of the molecule is CC(C(=O)NC1C2CC3CC(C2)CC1C3)n1nc(C(F)F)c(Cl)c1C(F)F. The van der Waals surface area contributed by atoms with Crippen LogP contribution in [0.5, 0.6) is 0 Å². The Labute approximate surface area is 159 Å². The molecule has 9 heteroatoms. The Balaban J connectivity index is 1.54. The second kappa shape index (κ2) is 6.94. The van der Waals surface area contributed by atoms with Crippen LogP contribution in [0, 0.1) is 23.7 Å². The first-order valence-electron chi connectivity index (χ1n) is 9.40. The number of halogens is 5. The van der Waals surface area contributed by atoms with Crippen molar-refractivity contribution in [3.05, 3.63) is 16.4 Å². The first-order chi connectivity index (χ1) is 12.8. The number of carbonyl (C=O) groups excluding carboxylic acids is 1. The molecule has 0 aromatic carbocycles. The van der Waals surface area contributed by atoms with Crippen molar-refractivity contribution in [3.63, 3.8) is 0 Å². The fourth-order valence-corrected chi connectivity index (χ4v) is 5.92.